The Hall–Kier alpha value is -1.71. The molecule has 0 bridgehead atoms. The van der Waals surface area contributed by atoms with E-state index in [0.29, 0.717) is 12.3 Å². The van der Waals surface area contributed by atoms with Gasteiger partial charge in [-0.3, -0.25) is 5.41 Å². The predicted molar refractivity (Wildman–Crippen MR) is 63.5 cm³/mol. The number of nitrogens with one attached hydrogen (secondary N) is 1. The molecule has 1 N–H and O–H groups in total. The summed E-state index contributed by atoms with van der Waals surface area (Å²) < 4.78 is 12.8. The van der Waals surface area contributed by atoms with E-state index >= 15 is 0 Å². The van der Waals surface area contributed by atoms with E-state index in [9.17, 15) is 9.18 Å². The first-order chi connectivity index (χ1) is 8.22. The van der Waals surface area contributed by atoms with Crippen molar-refractivity contribution in [2.75, 3.05) is 6.54 Å². The first-order valence-electron chi connectivity index (χ1n) is 5.77. The third-order valence-corrected chi connectivity index (χ3v) is 3.09. The van der Waals surface area contributed by atoms with Crippen LogP contribution in [0.3, 0.4) is 0 Å². The second kappa shape index (κ2) is 5.08. The van der Waals surface area contributed by atoms with Crippen LogP contribution in [-0.4, -0.2) is 23.6 Å². The lowest BCUT2D eigenvalue weighted by molar-refractivity contribution is -0.111. The average Bonchev–Trinajstić information content (AvgIpc) is 2.35. The number of amidine groups is 1. The molecule has 1 aliphatic heterocycles. The van der Waals surface area contributed by atoms with Crippen LogP contribution in [0.5, 0.6) is 0 Å². The number of carbonyl (C=O) groups excluding carboxylic acids is 1. The van der Waals surface area contributed by atoms with E-state index in [4.69, 9.17) is 5.41 Å². The monoisotopic (exact) mass is 234 g/mol. The van der Waals surface area contributed by atoms with Crippen molar-refractivity contribution in [1.29, 1.82) is 5.41 Å². The Bertz CT molecular complexity index is 416. The lowest BCUT2D eigenvalue weighted by Gasteiger charge is -2.34. The van der Waals surface area contributed by atoms with Crippen LogP contribution in [0, 0.1) is 11.2 Å². The van der Waals surface area contributed by atoms with E-state index < -0.39 is 6.04 Å². The molecule has 90 valence electrons. The molecule has 17 heavy (non-hydrogen) atoms. The maximum Gasteiger partial charge on any atom is 0.147 e. The lowest BCUT2D eigenvalue weighted by Crippen LogP contribution is -2.38. The largest absolute Gasteiger partial charge is 0.347 e. The fourth-order valence-electron chi connectivity index (χ4n) is 2.15. The molecule has 1 unspecified atom stereocenters. The summed E-state index contributed by atoms with van der Waals surface area (Å²) in [4.78, 5) is 13.0. The molecule has 0 radical (unpaired) electrons. The zero-order valence-electron chi connectivity index (χ0n) is 9.53. The Balaban J connectivity index is 2.23. The summed E-state index contributed by atoms with van der Waals surface area (Å²) in [5, 5.41) is 7.86. The van der Waals surface area contributed by atoms with Gasteiger partial charge in [0.2, 0.25) is 0 Å². The van der Waals surface area contributed by atoms with Crippen LogP contribution in [0.15, 0.2) is 24.3 Å². The zero-order valence-corrected chi connectivity index (χ0v) is 9.53. The Morgan fingerprint density at radius 1 is 1.29 bits per heavy atom. The van der Waals surface area contributed by atoms with Crippen LogP contribution in [0.25, 0.3) is 0 Å². The van der Waals surface area contributed by atoms with E-state index in [-0.39, 0.29) is 5.82 Å². The number of piperidine rings is 1. The number of rotatable bonds is 3. The summed E-state index contributed by atoms with van der Waals surface area (Å²) in [6.07, 6.45) is 3.54. The van der Waals surface area contributed by atoms with Gasteiger partial charge < -0.3 is 9.69 Å². The molecule has 1 aromatic rings. The Morgan fingerprint density at radius 3 is 2.59 bits per heavy atom. The van der Waals surface area contributed by atoms with Gasteiger partial charge in [-0.05, 0) is 30.5 Å². The first kappa shape index (κ1) is 11.8. The molecule has 3 nitrogen and oxygen atoms in total. The maximum absolute atomic E-state index is 12.8. The van der Waals surface area contributed by atoms with E-state index in [0.717, 1.165) is 31.2 Å². The smallest absolute Gasteiger partial charge is 0.147 e. The third-order valence-electron chi connectivity index (χ3n) is 3.09. The molecule has 1 saturated heterocycles. The number of carbonyl (C=O) groups is 1. The lowest BCUT2D eigenvalue weighted by atomic mass is 10.0. The van der Waals surface area contributed by atoms with Crippen LogP contribution < -0.4 is 0 Å². The number of hydrogen-bond acceptors (Lipinski definition) is 2. The molecule has 0 spiro atoms. The highest BCUT2D eigenvalue weighted by Crippen LogP contribution is 2.24. The van der Waals surface area contributed by atoms with Crippen molar-refractivity contribution in [3.8, 4) is 0 Å². The highest BCUT2D eigenvalue weighted by Gasteiger charge is 2.24. The highest BCUT2D eigenvalue weighted by molar-refractivity contribution is 5.83. The van der Waals surface area contributed by atoms with Crippen molar-refractivity contribution in [3.63, 3.8) is 0 Å². The number of nitrogens with zero attached hydrogens (tertiary/aromatic N) is 1. The molecule has 0 amide bonds. The standard InChI is InChI=1S/C13H15FN2O/c14-11-6-4-10(5-7-11)12(9-17)16-8-2-1-3-13(16)15/h4-7,9,12,15H,1-3,8H2. The molecule has 1 heterocycles. The van der Waals surface area contributed by atoms with Gasteiger partial charge in [0.15, 0.2) is 0 Å². The number of hydrogen-bond donors (Lipinski definition) is 1. The van der Waals surface area contributed by atoms with E-state index in [1.807, 2.05) is 0 Å². The van der Waals surface area contributed by atoms with E-state index in [2.05, 4.69) is 0 Å². The molecule has 1 aromatic carbocycles. The van der Waals surface area contributed by atoms with Crippen molar-refractivity contribution in [1.82, 2.24) is 4.90 Å². The van der Waals surface area contributed by atoms with Crippen LogP contribution in [0.2, 0.25) is 0 Å². The normalized spacial score (nSPS) is 17.9. The topological polar surface area (TPSA) is 44.2 Å². The summed E-state index contributed by atoms with van der Waals surface area (Å²) in [5.74, 6) is 0.185. The fraction of sp³-hybridized carbons (Fsp3) is 0.385. The molecule has 0 aromatic heterocycles. The number of benzene rings is 1. The Morgan fingerprint density at radius 2 is 2.00 bits per heavy atom. The van der Waals surface area contributed by atoms with Crippen LogP contribution >= 0.6 is 0 Å². The highest BCUT2D eigenvalue weighted by atomic mass is 19.1. The van der Waals surface area contributed by atoms with Gasteiger partial charge in [0.25, 0.3) is 0 Å². The molecule has 1 aliphatic rings. The van der Waals surface area contributed by atoms with Crippen LogP contribution in [0.4, 0.5) is 4.39 Å². The second-order valence-corrected chi connectivity index (χ2v) is 4.23. The SMILES string of the molecule is N=C1CCCCN1C(C=O)c1ccc(F)cc1. The molecule has 2 rings (SSSR count). The van der Waals surface area contributed by atoms with Gasteiger partial charge in [0.1, 0.15) is 18.1 Å². The van der Waals surface area contributed by atoms with Gasteiger partial charge in [-0.15, -0.1) is 0 Å². The second-order valence-electron chi connectivity index (χ2n) is 4.23. The molecule has 0 aliphatic carbocycles. The van der Waals surface area contributed by atoms with Gasteiger partial charge in [0.05, 0.1) is 5.84 Å². The summed E-state index contributed by atoms with van der Waals surface area (Å²) in [5.41, 5.74) is 0.744. The molecule has 0 saturated carbocycles. The van der Waals surface area contributed by atoms with Gasteiger partial charge in [-0.1, -0.05) is 12.1 Å². The maximum atomic E-state index is 12.8. The van der Waals surface area contributed by atoms with Crippen molar-refractivity contribution >= 4 is 12.1 Å². The Kier molecular flexibility index (Phi) is 3.52. The molecular formula is C13H15FN2O. The van der Waals surface area contributed by atoms with Crippen molar-refractivity contribution in [2.24, 2.45) is 0 Å². The number of likely N-dealkylation sites (tertiary alicyclic amines) is 1. The zero-order chi connectivity index (χ0) is 12.3. The molecule has 1 atom stereocenters. The summed E-state index contributed by atoms with van der Waals surface area (Å²) >= 11 is 0. The summed E-state index contributed by atoms with van der Waals surface area (Å²) in [7, 11) is 0. The minimum absolute atomic E-state index is 0.313. The fourth-order valence-corrected chi connectivity index (χ4v) is 2.15. The summed E-state index contributed by atoms with van der Waals surface area (Å²) in [6, 6.07) is 5.45. The first-order valence-corrected chi connectivity index (χ1v) is 5.77. The van der Waals surface area contributed by atoms with E-state index in [1.165, 1.54) is 12.1 Å². The van der Waals surface area contributed by atoms with Gasteiger partial charge in [-0.2, -0.15) is 0 Å². The minimum atomic E-state index is -0.455. The van der Waals surface area contributed by atoms with Crippen LogP contribution in [-0.2, 0) is 4.79 Å². The Labute approximate surface area is 99.8 Å². The van der Waals surface area contributed by atoms with Gasteiger partial charge in [-0.25, -0.2) is 4.39 Å². The van der Waals surface area contributed by atoms with Crippen molar-refractivity contribution < 1.29 is 9.18 Å². The van der Waals surface area contributed by atoms with Crippen molar-refractivity contribution in [2.45, 2.75) is 25.3 Å². The molecule has 1 fully saturated rings. The van der Waals surface area contributed by atoms with Crippen LogP contribution in [0.1, 0.15) is 30.9 Å². The van der Waals surface area contributed by atoms with Gasteiger partial charge in [0, 0.05) is 13.0 Å². The minimum Gasteiger partial charge on any atom is -0.347 e. The van der Waals surface area contributed by atoms with Crippen molar-refractivity contribution in [3.05, 3.63) is 35.6 Å². The predicted octanol–water partition coefficient (Wildman–Crippen LogP) is 2.53. The quantitative estimate of drug-likeness (QED) is 0.817. The average molecular weight is 234 g/mol. The van der Waals surface area contributed by atoms with E-state index in [1.54, 1.807) is 17.0 Å². The number of halogens is 1. The summed E-state index contributed by atoms with van der Waals surface area (Å²) in [6.45, 7) is 0.722. The van der Waals surface area contributed by atoms with Gasteiger partial charge >= 0.3 is 0 Å². The molecular weight excluding hydrogens is 219 g/mol. The number of aldehydes is 1. The third kappa shape index (κ3) is 2.52. The molecule has 4 heteroatoms.